The van der Waals surface area contributed by atoms with Gasteiger partial charge in [0.15, 0.2) is 5.16 Å². The average molecular weight is 225 g/mol. The van der Waals surface area contributed by atoms with E-state index in [1.165, 1.54) is 11.8 Å². The maximum atomic E-state index is 9.68. The van der Waals surface area contributed by atoms with Crippen LogP contribution in [0.15, 0.2) is 11.2 Å². The summed E-state index contributed by atoms with van der Waals surface area (Å²) >= 11 is 1.54. The molecule has 2 unspecified atom stereocenters. The number of nitrogen functional groups attached to an aromatic ring is 1. The Morgan fingerprint density at radius 2 is 2.27 bits per heavy atom. The van der Waals surface area contributed by atoms with Gasteiger partial charge in [0.05, 0.1) is 6.10 Å². The van der Waals surface area contributed by atoms with Crippen molar-refractivity contribution in [3.63, 3.8) is 0 Å². The second-order valence-corrected chi connectivity index (χ2v) is 5.08. The summed E-state index contributed by atoms with van der Waals surface area (Å²) in [6.07, 6.45) is 2.78. The number of aliphatic hydroxyl groups is 1. The fourth-order valence-corrected chi connectivity index (χ4v) is 3.00. The van der Waals surface area contributed by atoms with E-state index in [4.69, 9.17) is 5.73 Å². The number of hydrogen-bond donors (Lipinski definition) is 2. The van der Waals surface area contributed by atoms with Crippen LogP contribution < -0.4 is 5.73 Å². The second kappa shape index (κ2) is 4.37. The van der Waals surface area contributed by atoms with Crippen molar-refractivity contribution in [3.05, 3.63) is 11.8 Å². The maximum Gasteiger partial charge on any atom is 0.190 e. The molecule has 0 saturated heterocycles. The predicted octanol–water partition coefficient (Wildman–Crippen LogP) is 1.37. The fourth-order valence-electron chi connectivity index (χ4n) is 1.80. The van der Waals surface area contributed by atoms with Gasteiger partial charge in [-0.05, 0) is 26.2 Å². The SMILES string of the molecule is Cc1cc(N)nc(SC2CCCC2O)n1. The van der Waals surface area contributed by atoms with Gasteiger partial charge in [-0.25, -0.2) is 9.97 Å². The van der Waals surface area contributed by atoms with E-state index in [-0.39, 0.29) is 11.4 Å². The number of nitrogens with zero attached hydrogens (tertiary/aromatic N) is 2. The number of rotatable bonds is 2. The Morgan fingerprint density at radius 1 is 1.47 bits per heavy atom. The summed E-state index contributed by atoms with van der Waals surface area (Å²) in [7, 11) is 0. The van der Waals surface area contributed by atoms with Crippen LogP contribution in [0.2, 0.25) is 0 Å². The van der Waals surface area contributed by atoms with Gasteiger partial charge in [-0.3, -0.25) is 0 Å². The lowest BCUT2D eigenvalue weighted by molar-refractivity contribution is 0.188. The molecule has 15 heavy (non-hydrogen) atoms. The van der Waals surface area contributed by atoms with Crippen LogP contribution in [0, 0.1) is 6.92 Å². The molecule has 3 N–H and O–H groups in total. The summed E-state index contributed by atoms with van der Waals surface area (Å²) in [5.41, 5.74) is 6.51. The standard InChI is InChI=1S/C10H15N3OS/c1-6-5-9(11)13-10(12-6)15-8-4-2-3-7(8)14/h5,7-8,14H,2-4H2,1H3,(H2,11,12,13). The zero-order chi connectivity index (χ0) is 10.8. The van der Waals surface area contributed by atoms with Crippen molar-refractivity contribution in [3.8, 4) is 0 Å². The van der Waals surface area contributed by atoms with Gasteiger partial charge in [-0.1, -0.05) is 11.8 Å². The van der Waals surface area contributed by atoms with Crippen LogP contribution >= 0.6 is 11.8 Å². The summed E-state index contributed by atoms with van der Waals surface area (Å²) < 4.78 is 0. The van der Waals surface area contributed by atoms with Gasteiger partial charge in [-0.2, -0.15) is 0 Å². The summed E-state index contributed by atoms with van der Waals surface area (Å²) in [5.74, 6) is 0.498. The van der Waals surface area contributed by atoms with Gasteiger partial charge in [0.25, 0.3) is 0 Å². The molecule has 1 heterocycles. The number of thioether (sulfide) groups is 1. The van der Waals surface area contributed by atoms with E-state index in [1.807, 2.05) is 6.92 Å². The quantitative estimate of drug-likeness (QED) is 0.744. The van der Waals surface area contributed by atoms with Crippen LogP contribution in [0.4, 0.5) is 5.82 Å². The molecule has 0 radical (unpaired) electrons. The van der Waals surface area contributed by atoms with Gasteiger partial charge < -0.3 is 10.8 Å². The highest BCUT2D eigenvalue weighted by Gasteiger charge is 2.27. The van der Waals surface area contributed by atoms with Crippen molar-refractivity contribution in [1.82, 2.24) is 9.97 Å². The van der Waals surface area contributed by atoms with Gasteiger partial charge in [-0.15, -0.1) is 0 Å². The normalized spacial score (nSPS) is 25.7. The van der Waals surface area contributed by atoms with E-state index in [9.17, 15) is 5.11 Å². The van der Waals surface area contributed by atoms with Crippen LogP contribution in [-0.4, -0.2) is 26.4 Å². The second-order valence-electron chi connectivity index (χ2n) is 3.87. The molecule has 0 amide bonds. The molecule has 0 aliphatic heterocycles. The van der Waals surface area contributed by atoms with Crippen molar-refractivity contribution >= 4 is 17.6 Å². The molecule has 1 fully saturated rings. The molecular formula is C10H15N3OS. The minimum absolute atomic E-state index is 0.222. The van der Waals surface area contributed by atoms with Gasteiger partial charge in [0.2, 0.25) is 0 Å². The monoisotopic (exact) mass is 225 g/mol. The first-order valence-corrected chi connectivity index (χ1v) is 5.99. The lowest BCUT2D eigenvalue weighted by Crippen LogP contribution is -2.15. The lowest BCUT2D eigenvalue weighted by atomic mass is 10.3. The molecule has 2 atom stereocenters. The summed E-state index contributed by atoms with van der Waals surface area (Å²) in [6.45, 7) is 1.90. The summed E-state index contributed by atoms with van der Waals surface area (Å²) in [4.78, 5) is 8.44. The van der Waals surface area contributed by atoms with Crippen molar-refractivity contribution < 1.29 is 5.11 Å². The number of aryl methyl sites for hydroxylation is 1. The maximum absolute atomic E-state index is 9.68. The minimum Gasteiger partial charge on any atom is -0.392 e. The van der Waals surface area contributed by atoms with Crippen molar-refractivity contribution in [2.45, 2.75) is 42.7 Å². The molecule has 1 aliphatic rings. The number of aromatic nitrogens is 2. The molecule has 1 aromatic rings. The van der Waals surface area contributed by atoms with E-state index in [0.29, 0.717) is 11.0 Å². The van der Waals surface area contributed by atoms with Crippen molar-refractivity contribution in [2.24, 2.45) is 0 Å². The number of aliphatic hydroxyl groups excluding tert-OH is 1. The first kappa shape index (κ1) is 10.7. The third-order valence-corrected chi connectivity index (χ3v) is 3.77. The van der Waals surface area contributed by atoms with E-state index in [1.54, 1.807) is 6.07 Å². The highest BCUT2D eigenvalue weighted by Crippen LogP contribution is 2.33. The number of nitrogens with two attached hydrogens (primary N) is 1. The Morgan fingerprint density at radius 3 is 2.87 bits per heavy atom. The Kier molecular flexibility index (Phi) is 3.11. The molecule has 0 spiro atoms. The first-order valence-electron chi connectivity index (χ1n) is 5.11. The molecule has 4 nitrogen and oxygen atoms in total. The smallest absolute Gasteiger partial charge is 0.190 e. The molecule has 0 aromatic carbocycles. The first-order chi connectivity index (χ1) is 7.15. The Labute approximate surface area is 93.3 Å². The van der Waals surface area contributed by atoms with Gasteiger partial charge in [0.1, 0.15) is 5.82 Å². The van der Waals surface area contributed by atoms with Crippen LogP contribution in [0.5, 0.6) is 0 Å². The third-order valence-electron chi connectivity index (χ3n) is 2.53. The average Bonchev–Trinajstić information content (AvgIpc) is 2.50. The zero-order valence-corrected chi connectivity index (χ0v) is 9.50. The third kappa shape index (κ3) is 2.60. The highest BCUT2D eigenvalue weighted by atomic mass is 32.2. The van der Waals surface area contributed by atoms with E-state index in [0.717, 1.165) is 25.0 Å². The Hall–Kier alpha value is -0.810. The summed E-state index contributed by atoms with van der Waals surface area (Å²) in [5, 5.41) is 10.6. The molecule has 1 aliphatic carbocycles. The van der Waals surface area contributed by atoms with E-state index in [2.05, 4.69) is 9.97 Å². The fraction of sp³-hybridized carbons (Fsp3) is 0.600. The van der Waals surface area contributed by atoms with Crippen LogP contribution in [0.3, 0.4) is 0 Å². The molecule has 1 saturated carbocycles. The van der Waals surface area contributed by atoms with E-state index < -0.39 is 0 Å². The molecule has 0 bridgehead atoms. The Bertz CT molecular complexity index is 338. The molecule has 2 rings (SSSR count). The topological polar surface area (TPSA) is 72.0 Å². The largest absolute Gasteiger partial charge is 0.392 e. The predicted molar refractivity (Wildman–Crippen MR) is 60.7 cm³/mol. The molecule has 1 aromatic heterocycles. The Balaban J connectivity index is 2.10. The number of hydrogen-bond acceptors (Lipinski definition) is 5. The molecule has 5 heteroatoms. The van der Waals surface area contributed by atoms with Crippen molar-refractivity contribution in [1.29, 1.82) is 0 Å². The molecular weight excluding hydrogens is 210 g/mol. The molecule has 82 valence electrons. The summed E-state index contributed by atoms with van der Waals surface area (Å²) in [6, 6.07) is 1.75. The van der Waals surface area contributed by atoms with Crippen LogP contribution in [-0.2, 0) is 0 Å². The van der Waals surface area contributed by atoms with Crippen molar-refractivity contribution in [2.75, 3.05) is 5.73 Å². The van der Waals surface area contributed by atoms with Gasteiger partial charge >= 0.3 is 0 Å². The van der Waals surface area contributed by atoms with Crippen LogP contribution in [0.1, 0.15) is 25.0 Å². The lowest BCUT2D eigenvalue weighted by Gasteiger charge is -2.12. The van der Waals surface area contributed by atoms with Gasteiger partial charge in [0, 0.05) is 17.0 Å². The zero-order valence-electron chi connectivity index (χ0n) is 8.68. The number of anilines is 1. The van der Waals surface area contributed by atoms with E-state index >= 15 is 0 Å². The highest BCUT2D eigenvalue weighted by molar-refractivity contribution is 7.99. The minimum atomic E-state index is -0.222. The van der Waals surface area contributed by atoms with Crippen LogP contribution in [0.25, 0.3) is 0 Å².